The molecule has 0 radical (unpaired) electrons. The first-order valence-corrected chi connectivity index (χ1v) is 9.94. The zero-order valence-electron chi connectivity index (χ0n) is 11.9. The number of aromatic nitrogens is 1. The summed E-state index contributed by atoms with van der Waals surface area (Å²) >= 11 is 7.87. The Morgan fingerprint density at radius 1 is 1.48 bits per heavy atom. The molecule has 2 N–H and O–H groups in total. The van der Waals surface area contributed by atoms with Crippen molar-refractivity contribution in [3.8, 4) is 0 Å². The Bertz CT molecular complexity index is 575. The van der Waals surface area contributed by atoms with Gasteiger partial charge in [0.05, 0.1) is 5.02 Å². The van der Waals surface area contributed by atoms with Crippen molar-refractivity contribution >= 4 is 39.2 Å². The second-order valence-corrected chi connectivity index (χ2v) is 8.45. The van der Waals surface area contributed by atoms with Gasteiger partial charge >= 0.3 is 0 Å². The summed E-state index contributed by atoms with van der Waals surface area (Å²) in [5.41, 5.74) is 0. The van der Waals surface area contributed by atoms with E-state index in [2.05, 4.69) is 15.0 Å². The molecule has 5 nitrogen and oxygen atoms in total. The first kappa shape index (κ1) is 16.9. The van der Waals surface area contributed by atoms with Gasteiger partial charge in [0.25, 0.3) is 0 Å². The van der Waals surface area contributed by atoms with Crippen LogP contribution in [0.25, 0.3) is 0 Å². The molecule has 1 aliphatic rings. The fraction of sp³-hybridized carbons (Fsp3) is 0.615. The molecule has 118 valence electrons. The van der Waals surface area contributed by atoms with E-state index in [-0.39, 0.29) is 4.90 Å². The summed E-state index contributed by atoms with van der Waals surface area (Å²) in [6.07, 6.45) is 4.79. The monoisotopic (exact) mass is 349 g/mol. The standard InChI is InChI=1S/C13H20ClN3O2S2/c1-2-15-13-12(14)7-11(9-16-13)21(18,19)17-8-10-5-3-4-6-20-10/h7,9-10,17H,2-6,8H2,1H3,(H,15,16). The molecule has 8 heteroatoms. The minimum absolute atomic E-state index is 0.106. The first-order chi connectivity index (χ1) is 10.0. The lowest BCUT2D eigenvalue weighted by Crippen LogP contribution is -2.32. The molecule has 0 spiro atoms. The van der Waals surface area contributed by atoms with Gasteiger partial charge in [0, 0.05) is 24.5 Å². The molecule has 2 rings (SSSR count). The van der Waals surface area contributed by atoms with Crippen LogP contribution in [0, 0.1) is 0 Å². The average molecular weight is 350 g/mol. The molecule has 0 bridgehead atoms. The van der Waals surface area contributed by atoms with Crippen LogP contribution in [0.1, 0.15) is 26.2 Å². The van der Waals surface area contributed by atoms with Gasteiger partial charge in [-0.15, -0.1) is 0 Å². The molecule has 1 aromatic rings. The number of halogens is 1. The van der Waals surface area contributed by atoms with Crippen molar-refractivity contribution in [1.82, 2.24) is 9.71 Å². The molecule has 1 aliphatic heterocycles. The molecular formula is C13H20ClN3O2S2. The number of nitrogens with one attached hydrogen (secondary N) is 2. The molecule has 1 saturated heterocycles. The van der Waals surface area contributed by atoms with Gasteiger partial charge in [-0.05, 0) is 31.6 Å². The van der Waals surface area contributed by atoms with Crippen molar-refractivity contribution < 1.29 is 8.42 Å². The normalized spacial score (nSPS) is 19.4. The molecule has 1 atom stereocenters. The van der Waals surface area contributed by atoms with Crippen molar-refractivity contribution in [2.45, 2.75) is 36.3 Å². The predicted octanol–water partition coefficient (Wildman–Crippen LogP) is 2.73. The highest BCUT2D eigenvalue weighted by molar-refractivity contribution is 8.00. The summed E-state index contributed by atoms with van der Waals surface area (Å²) in [4.78, 5) is 4.17. The number of sulfonamides is 1. The number of hydrogen-bond acceptors (Lipinski definition) is 5. The molecule has 1 aromatic heterocycles. The summed E-state index contributed by atoms with van der Waals surface area (Å²) in [7, 11) is -3.55. The second-order valence-electron chi connectivity index (χ2n) is 4.87. The number of thioether (sulfide) groups is 1. The zero-order valence-corrected chi connectivity index (χ0v) is 14.3. The Morgan fingerprint density at radius 2 is 2.29 bits per heavy atom. The molecule has 0 saturated carbocycles. The van der Waals surface area contributed by atoms with E-state index in [0.717, 1.165) is 12.2 Å². The number of nitrogens with zero attached hydrogens (tertiary/aromatic N) is 1. The molecule has 2 heterocycles. The highest BCUT2D eigenvalue weighted by atomic mass is 35.5. The summed E-state index contributed by atoms with van der Waals surface area (Å²) in [5.74, 6) is 1.61. The third-order valence-corrected chi connectivity index (χ3v) is 6.32. The lowest BCUT2D eigenvalue weighted by Gasteiger charge is -2.21. The largest absolute Gasteiger partial charge is 0.369 e. The van der Waals surface area contributed by atoms with Crippen molar-refractivity contribution in [2.75, 3.05) is 24.2 Å². The zero-order chi connectivity index (χ0) is 15.3. The SMILES string of the molecule is CCNc1ncc(S(=O)(=O)NCC2CCCCS2)cc1Cl. The first-order valence-electron chi connectivity index (χ1n) is 7.03. The van der Waals surface area contributed by atoms with Crippen LogP contribution < -0.4 is 10.0 Å². The molecule has 1 unspecified atom stereocenters. The van der Waals surface area contributed by atoms with Gasteiger partial charge < -0.3 is 5.32 Å². The third-order valence-electron chi connectivity index (χ3n) is 3.25. The van der Waals surface area contributed by atoms with E-state index in [1.54, 1.807) is 0 Å². The van der Waals surface area contributed by atoms with Crippen LogP contribution in [-0.4, -0.2) is 37.5 Å². The van der Waals surface area contributed by atoms with Crippen LogP contribution >= 0.6 is 23.4 Å². The molecule has 21 heavy (non-hydrogen) atoms. The van der Waals surface area contributed by atoms with Gasteiger partial charge in [0.15, 0.2) is 0 Å². The maximum Gasteiger partial charge on any atom is 0.242 e. The van der Waals surface area contributed by atoms with Crippen molar-refractivity contribution in [3.63, 3.8) is 0 Å². The number of rotatable bonds is 6. The molecule has 1 fully saturated rings. The molecule has 0 aliphatic carbocycles. The third kappa shape index (κ3) is 4.74. The van der Waals surface area contributed by atoms with Crippen LogP contribution in [0.5, 0.6) is 0 Å². The smallest absolute Gasteiger partial charge is 0.242 e. The fourth-order valence-corrected chi connectivity index (χ4v) is 4.81. The second kappa shape index (κ2) is 7.67. The van der Waals surface area contributed by atoms with E-state index in [1.165, 1.54) is 25.1 Å². The Balaban J connectivity index is 2.03. The van der Waals surface area contributed by atoms with E-state index in [0.29, 0.717) is 29.2 Å². The van der Waals surface area contributed by atoms with E-state index in [1.807, 2.05) is 18.7 Å². The summed E-state index contributed by atoms with van der Waals surface area (Å²) < 4.78 is 27.2. The quantitative estimate of drug-likeness (QED) is 0.826. The predicted molar refractivity (Wildman–Crippen MR) is 88.7 cm³/mol. The van der Waals surface area contributed by atoms with Crippen LogP contribution in [0.15, 0.2) is 17.2 Å². The Morgan fingerprint density at radius 3 is 2.90 bits per heavy atom. The van der Waals surface area contributed by atoms with E-state index in [9.17, 15) is 8.42 Å². The van der Waals surface area contributed by atoms with Gasteiger partial charge in [-0.25, -0.2) is 18.1 Å². The van der Waals surface area contributed by atoms with Gasteiger partial charge in [0.2, 0.25) is 10.0 Å². The highest BCUT2D eigenvalue weighted by Gasteiger charge is 2.20. The summed E-state index contributed by atoms with van der Waals surface area (Å²) in [6, 6.07) is 1.43. The van der Waals surface area contributed by atoms with Crippen molar-refractivity contribution in [2.24, 2.45) is 0 Å². The molecular weight excluding hydrogens is 330 g/mol. The lowest BCUT2D eigenvalue weighted by molar-refractivity contribution is 0.573. The van der Waals surface area contributed by atoms with Crippen LogP contribution in [0.4, 0.5) is 5.82 Å². The molecule has 0 aromatic carbocycles. The Labute approximate surface area is 135 Å². The van der Waals surface area contributed by atoms with Gasteiger partial charge in [-0.2, -0.15) is 11.8 Å². The van der Waals surface area contributed by atoms with Gasteiger partial charge in [0.1, 0.15) is 10.7 Å². The summed E-state index contributed by atoms with van der Waals surface area (Å²) in [6.45, 7) is 3.06. The Kier molecular flexibility index (Phi) is 6.16. The Hall–Kier alpha value is -0.500. The minimum Gasteiger partial charge on any atom is -0.369 e. The van der Waals surface area contributed by atoms with Crippen LogP contribution in [0.2, 0.25) is 5.02 Å². The average Bonchev–Trinajstić information content (AvgIpc) is 2.48. The van der Waals surface area contributed by atoms with Crippen molar-refractivity contribution in [1.29, 1.82) is 0 Å². The highest BCUT2D eigenvalue weighted by Crippen LogP contribution is 2.25. The van der Waals surface area contributed by atoms with Gasteiger partial charge in [-0.3, -0.25) is 0 Å². The summed E-state index contributed by atoms with van der Waals surface area (Å²) in [5, 5.41) is 3.65. The van der Waals surface area contributed by atoms with E-state index in [4.69, 9.17) is 11.6 Å². The van der Waals surface area contributed by atoms with E-state index >= 15 is 0 Å². The van der Waals surface area contributed by atoms with Gasteiger partial charge in [-0.1, -0.05) is 18.0 Å². The van der Waals surface area contributed by atoms with Crippen LogP contribution in [-0.2, 0) is 10.0 Å². The maximum atomic E-state index is 12.3. The van der Waals surface area contributed by atoms with E-state index < -0.39 is 10.0 Å². The minimum atomic E-state index is -3.55. The lowest BCUT2D eigenvalue weighted by atomic mass is 10.2. The maximum absolute atomic E-state index is 12.3. The number of anilines is 1. The number of hydrogen-bond donors (Lipinski definition) is 2. The topological polar surface area (TPSA) is 71.1 Å². The van der Waals surface area contributed by atoms with Crippen molar-refractivity contribution in [3.05, 3.63) is 17.3 Å². The number of pyridine rings is 1. The molecule has 0 amide bonds. The fourth-order valence-electron chi connectivity index (χ4n) is 2.12. The van der Waals surface area contributed by atoms with Crippen LogP contribution in [0.3, 0.4) is 0 Å².